The first kappa shape index (κ1) is 21.6. The summed E-state index contributed by atoms with van der Waals surface area (Å²) in [5.41, 5.74) is -0.583. The SMILES string of the molecule is O=C(O)[C@H]1OC(Oc2c(-c3cccc(O)c3)oc3cc(O)ccc3c2=O)[C@H](O)[C@@H](O)[C@@H]1O. The molecular weight excluding hydrogens is 428 g/mol. The number of benzene rings is 2. The van der Waals surface area contributed by atoms with Gasteiger partial charge in [-0.15, -0.1) is 0 Å². The van der Waals surface area contributed by atoms with E-state index in [1.165, 1.54) is 42.5 Å². The number of hydrogen-bond acceptors (Lipinski definition) is 10. The monoisotopic (exact) mass is 446 g/mol. The third-order valence-electron chi connectivity index (χ3n) is 4.99. The van der Waals surface area contributed by atoms with Gasteiger partial charge in [-0.05, 0) is 24.3 Å². The van der Waals surface area contributed by atoms with E-state index < -0.39 is 47.9 Å². The maximum Gasteiger partial charge on any atom is 0.335 e. The lowest BCUT2D eigenvalue weighted by molar-refractivity contribution is -0.271. The van der Waals surface area contributed by atoms with Gasteiger partial charge in [-0.3, -0.25) is 4.79 Å². The number of aromatic hydroxyl groups is 2. The molecule has 0 radical (unpaired) electrons. The van der Waals surface area contributed by atoms with Gasteiger partial charge in [-0.25, -0.2) is 4.79 Å². The van der Waals surface area contributed by atoms with Crippen molar-refractivity contribution in [3.63, 3.8) is 0 Å². The van der Waals surface area contributed by atoms with Crippen LogP contribution in [0.3, 0.4) is 0 Å². The fourth-order valence-corrected chi connectivity index (χ4v) is 3.37. The Morgan fingerprint density at radius 1 is 0.938 bits per heavy atom. The van der Waals surface area contributed by atoms with Crippen LogP contribution in [0, 0.1) is 0 Å². The van der Waals surface area contributed by atoms with Crippen LogP contribution < -0.4 is 10.2 Å². The molecule has 4 rings (SSSR count). The molecule has 11 nitrogen and oxygen atoms in total. The number of phenolic OH excluding ortho intramolecular Hbond substituents is 2. The van der Waals surface area contributed by atoms with Gasteiger partial charge in [0.25, 0.3) is 0 Å². The highest BCUT2D eigenvalue weighted by atomic mass is 16.7. The third-order valence-corrected chi connectivity index (χ3v) is 4.99. The molecule has 5 atom stereocenters. The van der Waals surface area contributed by atoms with E-state index in [1.807, 2.05) is 0 Å². The lowest BCUT2D eigenvalue weighted by Gasteiger charge is -2.38. The van der Waals surface area contributed by atoms with E-state index in [0.29, 0.717) is 0 Å². The molecule has 3 aromatic rings. The second-order valence-corrected chi connectivity index (χ2v) is 7.17. The molecule has 1 aliphatic heterocycles. The molecule has 2 aromatic carbocycles. The Labute approximate surface area is 178 Å². The number of fused-ring (bicyclic) bond motifs is 1. The first-order valence-corrected chi connectivity index (χ1v) is 9.35. The lowest BCUT2D eigenvalue weighted by atomic mass is 9.99. The summed E-state index contributed by atoms with van der Waals surface area (Å²) in [6.45, 7) is 0. The van der Waals surface area contributed by atoms with Gasteiger partial charge in [-0.1, -0.05) is 12.1 Å². The number of aliphatic hydroxyl groups is 3. The van der Waals surface area contributed by atoms with Gasteiger partial charge >= 0.3 is 5.97 Å². The summed E-state index contributed by atoms with van der Waals surface area (Å²) in [4.78, 5) is 24.5. The van der Waals surface area contributed by atoms with Gasteiger partial charge < -0.3 is 44.5 Å². The summed E-state index contributed by atoms with van der Waals surface area (Å²) >= 11 is 0. The Morgan fingerprint density at radius 3 is 2.34 bits per heavy atom. The molecule has 0 saturated carbocycles. The number of carboxylic acids is 1. The molecule has 1 aromatic heterocycles. The number of aliphatic hydroxyl groups excluding tert-OH is 3. The van der Waals surface area contributed by atoms with Crippen LogP contribution in [0.2, 0.25) is 0 Å². The second-order valence-electron chi connectivity index (χ2n) is 7.17. The van der Waals surface area contributed by atoms with Crippen LogP contribution in [-0.2, 0) is 9.53 Å². The maximum absolute atomic E-state index is 13.2. The topological polar surface area (TPSA) is 187 Å². The zero-order valence-corrected chi connectivity index (χ0v) is 16.2. The Bertz CT molecular complexity index is 1230. The van der Waals surface area contributed by atoms with Crippen LogP contribution >= 0.6 is 0 Å². The van der Waals surface area contributed by atoms with Crippen molar-refractivity contribution in [3.8, 4) is 28.6 Å². The highest BCUT2D eigenvalue weighted by Crippen LogP contribution is 2.35. The number of carbonyl (C=O) groups is 1. The smallest absolute Gasteiger partial charge is 0.335 e. The fraction of sp³-hybridized carbons (Fsp3) is 0.238. The van der Waals surface area contributed by atoms with Crippen molar-refractivity contribution in [1.29, 1.82) is 0 Å². The normalized spacial score (nSPS) is 25.5. The average Bonchev–Trinajstić information content (AvgIpc) is 2.75. The molecule has 1 saturated heterocycles. The quantitative estimate of drug-likeness (QED) is 0.320. The van der Waals surface area contributed by atoms with Crippen molar-refractivity contribution in [2.45, 2.75) is 30.7 Å². The van der Waals surface area contributed by atoms with Crippen molar-refractivity contribution in [1.82, 2.24) is 0 Å². The van der Waals surface area contributed by atoms with E-state index in [0.717, 1.165) is 0 Å². The maximum atomic E-state index is 13.2. The highest BCUT2D eigenvalue weighted by Gasteiger charge is 2.48. The largest absolute Gasteiger partial charge is 0.508 e. The van der Waals surface area contributed by atoms with Crippen LogP contribution in [0.4, 0.5) is 0 Å². The molecule has 1 fully saturated rings. The van der Waals surface area contributed by atoms with Crippen LogP contribution in [0.5, 0.6) is 17.2 Å². The summed E-state index contributed by atoms with van der Waals surface area (Å²) in [5, 5.41) is 58.9. The van der Waals surface area contributed by atoms with Gasteiger partial charge in [0.15, 0.2) is 11.9 Å². The summed E-state index contributed by atoms with van der Waals surface area (Å²) in [5.74, 6) is -2.68. The predicted molar refractivity (Wildman–Crippen MR) is 106 cm³/mol. The van der Waals surface area contributed by atoms with Crippen LogP contribution in [-0.4, -0.2) is 67.3 Å². The van der Waals surface area contributed by atoms with Crippen LogP contribution in [0.1, 0.15) is 0 Å². The van der Waals surface area contributed by atoms with Gasteiger partial charge in [0.2, 0.25) is 17.5 Å². The number of hydrogen-bond donors (Lipinski definition) is 6. The summed E-state index contributed by atoms with van der Waals surface area (Å²) in [6, 6.07) is 9.29. The first-order chi connectivity index (χ1) is 15.2. The summed E-state index contributed by atoms with van der Waals surface area (Å²) in [7, 11) is 0. The summed E-state index contributed by atoms with van der Waals surface area (Å²) in [6.07, 6.45) is -9.59. The third kappa shape index (κ3) is 3.74. The lowest BCUT2D eigenvalue weighted by Crippen LogP contribution is -2.61. The Hall–Kier alpha value is -3.64. The molecule has 11 heteroatoms. The number of ether oxygens (including phenoxy) is 2. The molecule has 1 unspecified atom stereocenters. The van der Waals surface area contributed by atoms with E-state index in [4.69, 9.17) is 13.9 Å². The van der Waals surface area contributed by atoms with Crippen molar-refractivity contribution >= 4 is 16.9 Å². The molecule has 1 aliphatic rings. The van der Waals surface area contributed by atoms with Crippen molar-refractivity contribution in [2.24, 2.45) is 0 Å². The van der Waals surface area contributed by atoms with Gasteiger partial charge in [0, 0.05) is 11.6 Å². The van der Waals surface area contributed by atoms with Gasteiger partial charge in [-0.2, -0.15) is 0 Å². The highest BCUT2D eigenvalue weighted by molar-refractivity contribution is 5.83. The molecule has 0 amide bonds. The van der Waals surface area contributed by atoms with E-state index in [2.05, 4.69) is 0 Å². The van der Waals surface area contributed by atoms with Crippen molar-refractivity contribution in [3.05, 3.63) is 52.7 Å². The van der Waals surface area contributed by atoms with Crippen molar-refractivity contribution in [2.75, 3.05) is 0 Å². The van der Waals surface area contributed by atoms with Gasteiger partial charge in [0.05, 0.1) is 5.39 Å². The minimum atomic E-state index is -1.94. The minimum Gasteiger partial charge on any atom is -0.508 e. The average molecular weight is 446 g/mol. The Morgan fingerprint density at radius 2 is 1.66 bits per heavy atom. The zero-order chi connectivity index (χ0) is 23.2. The molecule has 32 heavy (non-hydrogen) atoms. The first-order valence-electron chi connectivity index (χ1n) is 9.35. The van der Waals surface area contributed by atoms with Crippen molar-refractivity contribution < 1.29 is 49.3 Å². The van der Waals surface area contributed by atoms with Gasteiger partial charge in [0.1, 0.15) is 35.4 Å². The van der Waals surface area contributed by atoms with Crippen LogP contribution in [0.25, 0.3) is 22.3 Å². The number of carboxylic acid groups (broad SMARTS) is 1. The molecule has 0 spiro atoms. The number of phenols is 2. The summed E-state index contributed by atoms with van der Waals surface area (Å²) < 4.78 is 16.3. The Balaban J connectivity index is 1.86. The molecule has 0 aliphatic carbocycles. The molecular formula is C21H18O11. The predicted octanol–water partition coefficient (Wildman–Crippen LogP) is 0.142. The number of aliphatic carboxylic acids is 1. The zero-order valence-electron chi connectivity index (χ0n) is 16.2. The second kappa shape index (κ2) is 8.13. The standard InChI is InChI=1S/C21H18O11/c22-9-3-1-2-8(6-9)17-18(13(24)11-5-4-10(23)7-12(11)30-17)31-21-16(27)14(25)15(26)19(32-21)20(28)29/h1-7,14-16,19,21-23,25-27H,(H,28,29)/t14-,15-,16+,19-,21?/m0/s1. The fourth-order valence-electron chi connectivity index (χ4n) is 3.37. The molecule has 0 bridgehead atoms. The minimum absolute atomic E-state index is 0.00956. The molecule has 2 heterocycles. The Kier molecular flexibility index (Phi) is 5.48. The molecule has 6 N–H and O–H groups in total. The number of rotatable bonds is 4. The molecule has 168 valence electrons. The van der Waals surface area contributed by atoms with E-state index in [9.17, 15) is 40.2 Å². The van der Waals surface area contributed by atoms with E-state index in [-0.39, 0.29) is 33.8 Å². The van der Waals surface area contributed by atoms with Crippen LogP contribution in [0.15, 0.2) is 51.7 Å². The van der Waals surface area contributed by atoms with E-state index >= 15 is 0 Å². The van der Waals surface area contributed by atoms with E-state index in [1.54, 1.807) is 0 Å².